The van der Waals surface area contributed by atoms with E-state index in [1.807, 2.05) is 0 Å². The average Bonchev–Trinajstić information content (AvgIpc) is 2.44. The Morgan fingerprint density at radius 1 is 0.818 bits per heavy atom. The van der Waals surface area contributed by atoms with Crippen molar-refractivity contribution >= 4 is 0 Å². The Morgan fingerprint density at radius 3 is 1.41 bits per heavy atom. The topological polar surface area (TPSA) is 40.5 Å². The molecule has 0 aromatic carbocycles. The number of hydrogen-bond acceptors (Lipinski definition) is 2. The Labute approximate surface area is 137 Å². The molecular formula is C20H34O2. The minimum atomic E-state index is -1.05. The molecule has 0 heterocycles. The highest BCUT2D eigenvalue weighted by Gasteiger charge is 2.20. The van der Waals surface area contributed by atoms with E-state index in [9.17, 15) is 10.2 Å². The van der Waals surface area contributed by atoms with Crippen LogP contribution in [0, 0.1) is 11.8 Å². The predicted octanol–water partition coefficient (Wildman–Crippen LogP) is 4.76. The van der Waals surface area contributed by atoms with Gasteiger partial charge in [-0.1, -0.05) is 49.0 Å². The fourth-order valence-electron chi connectivity index (χ4n) is 1.88. The van der Waals surface area contributed by atoms with Crippen LogP contribution >= 0.6 is 0 Å². The highest BCUT2D eigenvalue weighted by atomic mass is 16.3. The molecule has 0 aromatic rings. The SMILES string of the molecule is CC/C(C)=C\CCC(C)(O)C#CC(C)(O)CC/C=C(\C)CC. The summed E-state index contributed by atoms with van der Waals surface area (Å²) in [5.74, 6) is 5.70. The van der Waals surface area contributed by atoms with Crippen molar-refractivity contribution in [3.05, 3.63) is 23.3 Å². The Hall–Kier alpha value is -1.04. The van der Waals surface area contributed by atoms with Gasteiger partial charge in [0, 0.05) is 0 Å². The van der Waals surface area contributed by atoms with E-state index < -0.39 is 11.2 Å². The normalized spacial score (nSPS) is 18.2. The molecule has 0 saturated carbocycles. The van der Waals surface area contributed by atoms with Gasteiger partial charge >= 0.3 is 0 Å². The average molecular weight is 306 g/mol. The van der Waals surface area contributed by atoms with Crippen molar-refractivity contribution in [2.75, 3.05) is 0 Å². The molecule has 0 aliphatic carbocycles. The van der Waals surface area contributed by atoms with Crippen LogP contribution in [-0.2, 0) is 0 Å². The third-order valence-corrected chi connectivity index (χ3v) is 3.96. The van der Waals surface area contributed by atoms with E-state index in [1.54, 1.807) is 13.8 Å². The van der Waals surface area contributed by atoms with E-state index in [2.05, 4.69) is 51.7 Å². The Balaban J connectivity index is 4.53. The van der Waals surface area contributed by atoms with Crippen LogP contribution in [0.2, 0.25) is 0 Å². The van der Waals surface area contributed by atoms with Crippen LogP contribution in [0.4, 0.5) is 0 Å². The summed E-state index contributed by atoms with van der Waals surface area (Å²) in [6.07, 6.45) is 9.15. The van der Waals surface area contributed by atoms with Gasteiger partial charge in [0.05, 0.1) is 0 Å². The summed E-state index contributed by atoms with van der Waals surface area (Å²) < 4.78 is 0. The van der Waals surface area contributed by atoms with Gasteiger partial charge in [-0.2, -0.15) is 0 Å². The van der Waals surface area contributed by atoms with Gasteiger partial charge in [0.25, 0.3) is 0 Å². The summed E-state index contributed by atoms with van der Waals surface area (Å²) in [7, 11) is 0. The Bertz CT molecular complexity index is 402. The van der Waals surface area contributed by atoms with Crippen LogP contribution < -0.4 is 0 Å². The first-order valence-corrected chi connectivity index (χ1v) is 8.42. The summed E-state index contributed by atoms with van der Waals surface area (Å²) in [4.78, 5) is 0. The molecule has 0 fully saturated rings. The molecule has 2 nitrogen and oxygen atoms in total. The number of aliphatic hydroxyl groups is 2. The highest BCUT2D eigenvalue weighted by Crippen LogP contribution is 2.17. The molecule has 2 heteroatoms. The minimum absolute atomic E-state index is 0.586. The van der Waals surface area contributed by atoms with Crippen molar-refractivity contribution in [2.45, 2.75) is 91.3 Å². The van der Waals surface area contributed by atoms with Gasteiger partial charge in [0.15, 0.2) is 0 Å². The van der Waals surface area contributed by atoms with Gasteiger partial charge in [-0.25, -0.2) is 0 Å². The number of allylic oxidation sites excluding steroid dienone is 4. The molecule has 0 saturated heterocycles. The lowest BCUT2D eigenvalue weighted by Gasteiger charge is -2.19. The lowest BCUT2D eigenvalue weighted by Crippen LogP contribution is -2.26. The second-order valence-corrected chi connectivity index (χ2v) is 6.68. The smallest absolute Gasteiger partial charge is 0.123 e. The van der Waals surface area contributed by atoms with Crippen LogP contribution in [0.3, 0.4) is 0 Å². The molecule has 0 rings (SSSR count). The zero-order valence-corrected chi connectivity index (χ0v) is 15.3. The predicted molar refractivity (Wildman–Crippen MR) is 95.6 cm³/mol. The van der Waals surface area contributed by atoms with Gasteiger partial charge in [-0.15, -0.1) is 0 Å². The zero-order chi connectivity index (χ0) is 17.2. The molecule has 0 aromatic heterocycles. The fraction of sp³-hybridized carbons (Fsp3) is 0.700. The molecule has 2 unspecified atom stereocenters. The maximum atomic E-state index is 10.3. The van der Waals surface area contributed by atoms with Crippen molar-refractivity contribution in [3.63, 3.8) is 0 Å². The maximum absolute atomic E-state index is 10.3. The molecule has 2 N–H and O–H groups in total. The van der Waals surface area contributed by atoms with E-state index in [0.29, 0.717) is 12.8 Å². The molecular weight excluding hydrogens is 272 g/mol. The van der Waals surface area contributed by atoms with E-state index in [1.165, 1.54) is 11.1 Å². The van der Waals surface area contributed by atoms with Gasteiger partial charge < -0.3 is 10.2 Å². The Morgan fingerprint density at radius 2 is 1.14 bits per heavy atom. The van der Waals surface area contributed by atoms with Gasteiger partial charge in [-0.3, -0.25) is 0 Å². The van der Waals surface area contributed by atoms with E-state index >= 15 is 0 Å². The fourth-order valence-corrected chi connectivity index (χ4v) is 1.88. The number of hydrogen-bond donors (Lipinski definition) is 2. The first-order valence-electron chi connectivity index (χ1n) is 8.42. The van der Waals surface area contributed by atoms with Crippen LogP contribution in [0.5, 0.6) is 0 Å². The molecule has 126 valence electrons. The second kappa shape index (κ2) is 9.87. The molecule has 22 heavy (non-hydrogen) atoms. The Kier molecular flexibility index (Phi) is 9.41. The monoisotopic (exact) mass is 306 g/mol. The lowest BCUT2D eigenvalue weighted by molar-refractivity contribution is 0.101. The molecule has 0 spiro atoms. The van der Waals surface area contributed by atoms with Crippen molar-refractivity contribution < 1.29 is 10.2 Å². The van der Waals surface area contributed by atoms with Crippen LogP contribution in [-0.4, -0.2) is 21.4 Å². The quantitative estimate of drug-likeness (QED) is 0.501. The first-order chi connectivity index (χ1) is 10.1. The summed E-state index contributed by atoms with van der Waals surface area (Å²) >= 11 is 0. The standard InChI is InChI=1S/C20H34O2/c1-7-17(3)11-9-13-19(5,21)15-16-20(6,22)14-10-12-18(4)8-2/h11-12,21-22H,7-10,13-14H2,1-6H3/b17-11-,18-12+. The van der Waals surface area contributed by atoms with Crippen molar-refractivity contribution in [1.82, 2.24) is 0 Å². The minimum Gasteiger partial charge on any atom is -0.378 e. The highest BCUT2D eigenvalue weighted by molar-refractivity contribution is 5.20. The summed E-state index contributed by atoms with van der Waals surface area (Å²) in [6.45, 7) is 11.9. The summed E-state index contributed by atoms with van der Waals surface area (Å²) in [5, 5.41) is 20.6. The summed E-state index contributed by atoms with van der Waals surface area (Å²) in [5.41, 5.74) is 0.551. The van der Waals surface area contributed by atoms with Crippen LogP contribution in [0.15, 0.2) is 23.3 Å². The van der Waals surface area contributed by atoms with Gasteiger partial charge in [-0.05, 0) is 66.2 Å². The van der Waals surface area contributed by atoms with Crippen molar-refractivity contribution in [3.8, 4) is 11.8 Å². The summed E-state index contributed by atoms with van der Waals surface area (Å²) in [6, 6.07) is 0. The molecule has 0 bridgehead atoms. The first kappa shape index (κ1) is 21.0. The van der Waals surface area contributed by atoms with E-state index in [-0.39, 0.29) is 0 Å². The van der Waals surface area contributed by atoms with Gasteiger partial charge in [0.2, 0.25) is 0 Å². The van der Waals surface area contributed by atoms with Gasteiger partial charge in [0.1, 0.15) is 11.2 Å². The molecule has 0 radical (unpaired) electrons. The third kappa shape index (κ3) is 10.7. The molecule has 0 aliphatic heterocycles. The maximum Gasteiger partial charge on any atom is 0.123 e. The third-order valence-electron chi connectivity index (χ3n) is 3.96. The van der Waals surface area contributed by atoms with E-state index in [4.69, 9.17) is 0 Å². The largest absolute Gasteiger partial charge is 0.378 e. The molecule has 2 atom stereocenters. The van der Waals surface area contributed by atoms with Crippen LogP contribution in [0.25, 0.3) is 0 Å². The second-order valence-electron chi connectivity index (χ2n) is 6.68. The molecule has 0 aliphatic rings. The van der Waals surface area contributed by atoms with E-state index in [0.717, 1.165) is 25.7 Å². The van der Waals surface area contributed by atoms with Crippen LogP contribution in [0.1, 0.15) is 80.1 Å². The molecule has 0 amide bonds. The van der Waals surface area contributed by atoms with Crippen molar-refractivity contribution in [2.24, 2.45) is 0 Å². The zero-order valence-electron chi connectivity index (χ0n) is 15.3. The van der Waals surface area contributed by atoms with Crippen molar-refractivity contribution in [1.29, 1.82) is 0 Å². The lowest BCUT2D eigenvalue weighted by atomic mass is 9.95. The number of rotatable bonds is 8.